The molecule has 0 aliphatic rings. The summed E-state index contributed by atoms with van der Waals surface area (Å²) in [6.45, 7) is 6.38. The fourth-order valence-corrected chi connectivity index (χ4v) is 3.30. The summed E-state index contributed by atoms with van der Waals surface area (Å²) in [5.74, 6) is -0.494. The number of hydrogen-bond donors (Lipinski definition) is 1. The van der Waals surface area contributed by atoms with E-state index in [9.17, 15) is 9.18 Å². The van der Waals surface area contributed by atoms with Crippen LogP contribution in [0.1, 0.15) is 36.7 Å². The van der Waals surface area contributed by atoms with E-state index in [1.807, 2.05) is 24.3 Å². The van der Waals surface area contributed by atoms with Crippen LogP contribution in [0.3, 0.4) is 0 Å². The van der Waals surface area contributed by atoms with E-state index in [1.54, 1.807) is 17.5 Å². The third-order valence-corrected chi connectivity index (χ3v) is 4.94. The molecule has 27 heavy (non-hydrogen) atoms. The predicted molar refractivity (Wildman–Crippen MR) is 107 cm³/mol. The van der Waals surface area contributed by atoms with Crippen molar-refractivity contribution in [1.29, 1.82) is 0 Å². The van der Waals surface area contributed by atoms with Crippen LogP contribution in [0.4, 0.5) is 9.52 Å². The van der Waals surface area contributed by atoms with E-state index in [-0.39, 0.29) is 17.1 Å². The monoisotopic (exact) mass is 384 g/mol. The van der Waals surface area contributed by atoms with Crippen molar-refractivity contribution in [1.82, 2.24) is 4.98 Å². The Bertz CT molecular complexity index is 959. The van der Waals surface area contributed by atoms with Gasteiger partial charge in [-0.3, -0.25) is 10.1 Å². The summed E-state index contributed by atoms with van der Waals surface area (Å²) in [5, 5.41) is 5.04. The molecular weight excluding hydrogens is 363 g/mol. The van der Waals surface area contributed by atoms with Crippen LogP contribution in [0.15, 0.2) is 47.8 Å². The van der Waals surface area contributed by atoms with Gasteiger partial charge < -0.3 is 4.74 Å². The standard InChI is InChI=1S/C21H21FN2O2S/c1-21(2,3)15-8-5-13(6-9-15)19(25)24-20-23-17(12-27-20)14-7-10-18(26-4)16(22)11-14/h5-12H,1-4H3,(H,23,24,25). The summed E-state index contributed by atoms with van der Waals surface area (Å²) in [7, 11) is 1.42. The van der Waals surface area contributed by atoms with E-state index >= 15 is 0 Å². The van der Waals surface area contributed by atoms with Gasteiger partial charge >= 0.3 is 0 Å². The molecule has 1 amide bonds. The normalized spacial score (nSPS) is 11.3. The van der Waals surface area contributed by atoms with Gasteiger partial charge in [-0.25, -0.2) is 9.37 Å². The smallest absolute Gasteiger partial charge is 0.257 e. The van der Waals surface area contributed by atoms with Crippen LogP contribution in [0, 0.1) is 5.82 Å². The summed E-state index contributed by atoms with van der Waals surface area (Å²) in [5.41, 5.74) is 2.99. The second kappa shape index (κ2) is 7.48. The number of anilines is 1. The number of nitrogens with zero attached hydrogens (tertiary/aromatic N) is 1. The Balaban J connectivity index is 1.73. The van der Waals surface area contributed by atoms with Crippen LogP contribution in [-0.4, -0.2) is 18.0 Å². The molecule has 4 nitrogen and oxygen atoms in total. The van der Waals surface area contributed by atoms with Gasteiger partial charge in [0, 0.05) is 16.5 Å². The molecule has 0 fully saturated rings. The number of methoxy groups -OCH3 is 1. The lowest BCUT2D eigenvalue weighted by molar-refractivity contribution is 0.102. The highest BCUT2D eigenvalue weighted by atomic mass is 32.1. The molecule has 6 heteroatoms. The average Bonchev–Trinajstić information content (AvgIpc) is 3.09. The lowest BCUT2D eigenvalue weighted by Crippen LogP contribution is -2.14. The van der Waals surface area contributed by atoms with Crippen molar-refractivity contribution in [3.05, 3.63) is 64.8 Å². The fourth-order valence-electron chi connectivity index (χ4n) is 2.58. The average molecular weight is 384 g/mol. The van der Waals surface area contributed by atoms with Crippen molar-refractivity contribution < 1.29 is 13.9 Å². The molecule has 0 aliphatic heterocycles. The molecule has 140 valence electrons. The Labute approximate surface area is 162 Å². The maximum Gasteiger partial charge on any atom is 0.257 e. The lowest BCUT2D eigenvalue weighted by atomic mass is 9.87. The van der Waals surface area contributed by atoms with Gasteiger partial charge in [-0.05, 0) is 41.3 Å². The van der Waals surface area contributed by atoms with E-state index in [1.165, 1.54) is 24.5 Å². The molecule has 1 N–H and O–H groups in total. The number of nitrogens with one attached hydrogen (secondary N) is 1. The van der Waals surface area contributed by atoms with E-state index in [0.29, 0.717) is 22.0 Å². The summed E-state index contributed by atoms with van der Waals surface area (Å²) < 4.78 is 18.8. The molecule has 0 aliphatic carbocycles. The van der Waals surface area contributed by atoms with Gasteiger partial charge in [0.05, 0.1) is 12.8 Å². The van der Waals surface area contributed by atoms with Gasteiger partial charge in [0.25, 0.3) is 5.91 Å². The van der Waals surface area contributed by atoms with Crippen molar-refractivity contribution in [2.45, 2.75) is 26.2 Å². The minimum absolute atomic E-state index is 0.0346. The molecule has 1 aromatic heterocycles. The molecule has 3 rings (SSSR count). The van der Waals surface area contributed by atoms with E-state index in [4.69, 9.17) is 4.74 Å². The van der Waals surface area contributed by atoms with Crippen molar-refractivity contribution in [2.75, 3.05) is 12.4 Å². The van der Waals surface area contributed by atoms with Gasteiger partial charge in [-0.2, -0.15) is 0 Å². The van der Waals surface area contributed by atoms with Crippen molar-refractivity contribution in [2.24, 2.45) is 0 Å². The molecular formula is C21H21FN2O2S. The Hall–Kier alpha value is -2.73. The SMILES string of the molecule is COc1ccc(-c2csc(NC(=O)c3ccc(C(C)(C)C)cc3)n2)cc1F. The molecule has 0 bridgehead atoms. The highest BCUT2D eigenvalue weighted by Gasteiger charge is 2.15. The molecule has 3 aromatic rings. The molecule has 0 radical (unpaired) electrons. The number of carbonyl (C=O) groups is 1. The van der Waals surface area contributed by atoms with Crippen molar-refractivity contribution in [3.63, 3.8) is 0 Å². The highest BCUT2D eigenvalue weighted by molar-refractivity contribution is 7.14. The Kier molecular flexibility index (Phi) is 5.28. The number of halogens is 1. The second-order valence-corrected chi connectivity index (χ2v) is 8.03. The lowest BCUT2D eigenvalue weighted by Gasteiger charge is -2.18. The predicted octanol–water partition coefficient (Wildman–Crippen LogP) is 5.51. The first-order valence-electron chi connectivity index (χ1n) is 8.49. The Morgan fingerprint density at radius 1 is 1.15 bits per heavy atom. The van der Waals surface area contributed by atoms with Crippen LogP contribution < -0.4 is 10.1 Å². The Morgan fingerprint density at radius 2 is 1.85 bits per heavy atom. The van der Waals surface area contributed by atoms with Gasteiger partial charge in [-0.15, -0.1) is 11.3 Å². The van der Waals surface area contributed by atoms with Gasteiger partial charge in [0.1, 0.15) is 0 Å². The largest absolute Gasteiger partial charge is 0.494 e. The summed E-state index contributed by atoms with van der Waals surface area (Å²) in [4.78, 5) is 16.8. The van der Waals surface area contributed by atoms with Crippen LogP contribution >= 0.6 is 11.3 Å². The number of aromatic nitrogens is 1. The molecule has 0 atom stereocenters. The molecule has 0 saturated carbocycles. The third-order valence-electron chi connectivity index (χ3n) is 4.19. The number of hydrogen-bond acceptors (Lipinski definition) is 4. The van der Waals surface area contributed by atoms with Gasteiger partial charge in [-0.1, -0.05) is 32.9 Å². The topological polar surface area (TPSA) is 51.2 Å². The summed E-state index contributed by atoms with van der Waals surface area (Å²) in [6, 6.07) is 12.2. The maximum atomic E-state index is 13.9. The zero-order valence-electron chi connectivity index (χ0n) is 15.7. The van der Waals surface area contributed by atoms with Crippen molar-refractivity contribution in [3.8, 4) is 17.0 Å². The molecule has 0 saturated heterocycles. The third kappa shape index (κ3) is 4.34. The minimum Gasteiger partial charge on any atom is -0.494 e. The van der Waals surface area contributed by atoms with Crippen LogP contribution in [-0.2, 0) is 5.41 Å². The molecule has 1 heterocycles. The van der Waals surface area contributed by atoms with E-state index in [2.05, 4.69) is 31.1 Å². The second-order valence-electron chi connectivity index (χ2n) is 7.17. The minimum atomic E-state index is -0.451. The zero-order valence-corrected chi connectivity index (χ0v) is 16.5. The number of thiazole rings is 1. The number of carbonyl (C=O) groups excluding carboxylic acids is 1. The molecule has 0 spiro atoms. The fraction of sp³-hybridized carbons (Fsp3) is 0.238. The van der Waals surface area contributed by atoms with Crippen LogP contribution in [0.5, 0.6) is 5.75 Å². The quantitative estimate of drug-likeness (QED) is 0.645. The first-order chi connectivity index (χ1) is 12.8. The van der Waals surface area contributed by atoms with E-state index in [0.717, 1.165) is 5.56 Å². The van der Waals surface area contributed by atoms with Crippen LogP contribution in [0.25, 0.3) is 11.3 Å². The van der Waals surface area contributed by atoms with E-state index < -0.39 is 5.82 Å². The molecule has 2 aromatic carbocycles. The zero-order chi connectivity index (χ0) is 19.6. The van der Waals surface area contributed by atoms with Crippen LogP contribution in [0.2, 0.25) is 0 Å². The van der Waals surface area contributed by atoms with Gasteiger partial charge in [0.15, 0.2) is 16.7 Å². The number of benzene rings is 2. The highest BCUT2D eigenvalue weighted by Crippen LogP contribution is 2.29. The first kappa shape index (κ1) is 19.0. The summed E-state index contributed by atoms with van der Waals surface area (Å²) >= 11 is 1.29. The number of rotatable bonds is 4. The van der Waals surface area contributed by atoms with Gasteiger partial charge in [0.2, 0.25) is 0 Å². The summed E-state index contributed by atoms with van der Waals surface area (Å²) in [6.07, 6.45) is 0. The first-order valence-corrected chi connectivity index (χ1v) is 9.37. The van der Waals surface area contributed by atoms with Crippen molar-refractivity contribution >= 4 is 22.4 Å². The molecule has 0 unspecified atom stereocenters. The number of amides is 1. The Morgan fingerprint density at radius 3 is 2.44 bits per heavy atom. The number of ether oxygens (including phenoxy) is 1. The maximum absolute atomic E-state index is 13.9.